The molecule has 0 heterocycles. The van der Waals surface area contributed by atoms with Gasteiger partial charge in [-0.25, -0.2) is 4.31 Å². The number of carbonyl (C=O) groups is 2. The van der Waals surface area contributed by atoms with Gasteiger partial charge in [0.15, 0.2) is 0 Å². The van der Waals surface area contributed by atoms with Gasteiger partial charge >= 0.3 is 10.2 Å². The van der Waals surface area contributed by atoms with Crippen LogP contribution >= 0.6 is 11.6 Å². The van der Waals surface area contributed by atoms with Crippen molar-refractivity contribution in [2.24, 2.45) is 0 Å². The van der Waals surface area contributed by atoms with E-state index >= 15 is 0 Å². The number of hydrogen-bond donors (Lipinski definition) is 1. The lowest BCUT2D eigenvalue weighted by Gasteiger charge is -2.33. The Morgan fingerprint density at radius 2 is 1.74 bits per heavy atom. The summed E-state index contributed by atoms with van der Waals surface area (Å²) in [5.74, 6) is -0.837. The highest BCUT2D eigenvalue weighted by atomic mass is 35.5. The van der Waals surface area contributed by atoms with Crippen LogP contribution < -0.4 is 9.62 Å². The van der Waals surface area contributed by atoms with E-state index in [1.165, 1.54) is 19.0 Å². The highest BCUT2D eigenvalue weighted by Crippen LogP contribution is 2.26. The molecule has 0 aliphatic heterocycles. The van der Waals surface area contributed by atoms with Crippen LogP contribution in [0.4, 0.5) is 5.69 Å². The van der Waals surface area contributed by atoms with Crippen LogP contribution in [0, 0.1) is 13.8 Å². The standard InChI is InChI=1S/C25H35ClN4O4S/c1-7-14-27-25(32)20(4)29(16-21-10-8-9-11-22(21)26)24(31)17-30(35(33,34)28(5)6)23-15-18(2)12-13-19(23)3/h8-13,15,20H,7,14,16-17H2,1-6H3,(H,27,32). The molecule has 0 aromatic heterocycles. The zero-order valence-electron chi connectivity index (χ0n) is 21.2. The third-order valence-corrected chi connectivity index (χ3v) is 7.84. The van der Waals surface area contributed by atoms with Crippen molar-refractivity contribution in [3.05, 3.63) is 64.2 Å². The first-order valence-electron chi connectivity index (χ1n) is 11.5. The Kier molecular flexibility index (Phi) is 10.1. The Hall–Kier alpha value is -2.62. The van der Waals surface area contributed by atoms with Crippen molar-refractivity contribution < 1.29 is 18.0 Å². The van der Waals surface area contributed by atoms with Gasteiger partial charge in [-0.15, -0.1) is 0 Å². The fraction of sp³-hybridized carbons (Fsp3) is 0.440. The summed E-state index contributed by atoms with van der Waals surface area (Å²) in [5, 5.41) is 3.27. The van der Waals surface area contributed by atoms with Crippen LogP contribution in [-0.2, 0) is 26.3 Å². The summed E-state index contributed by atoms with van der Waals surface area (Å²) in [5.41, 5.74) is 2.64. The SMILES string of the molecule is CCCNC(=O)C(C)N(Cc1ccccc1Cl)C(=O)CN(c1cc(C)ccc1C)S(=O)(=O)N(C)C. The number of aryl methyl sites for hydroxylation is 2. The molecule has 2 aromatic rings. The van der Waals surface area contributed by atoms with Gasteiger partial charge in [0.2, 0.25) is 11.8 Å². The van der Waals surface area contributed by atoms with Crippen LogP contribution in [0.25, 0.3) is 0 Å². The van der Waals surface area contributed by atoms with E-state index in [0.717, 1.165) is 20.6 Å². The second-order valence-electron chi connectivity index (χ2n) is 8.67. The number of hydrogen-bond acceptors (Lipinski definition) is 4. The van der Waals surface area contributed by atoms with E-state index in [-0.39, 0.29) is 12.5 Å². The van der Waals surface area contributed by atoms with E-state index in [1.807, 2.05) is 26.0 Å². The lowest BCUT2D eigenvalue weighted by molar-refractivity contribution is -0.139. The van der Waals surface area contributed by atoms with Crippen molar-refractivity contribution >= 4 is 39.3 Å². The molecule has 0 fully saturated rings. The van der Waals surface area contributed by atoms with Crippen LogP contribution in [0.5, 0.6) is 0 Å². The van der Waals surface area contributed by atoms with E-state index in [9.17, 15) is 18.0 Å². The van der Waals surface area contributed by atoms with E-state index < -0.39 is 28.7 Å². The number of nitrogens with zero attached hydrogens (tertiary/aromatic N) is 3. The van der Waals surface area contributed by atoms with Crippen LogP contribution in [0.1, 0.15) is 37.0 Å². The number of halogens is 1. The van der Waals surface area contributed by atoms with Gasteiger partial charge in [-0.2, -0.15) is 12.7 Å². The average Bonchev–Trinajstić information content (AvgIpc) is 2.81. The van der Waals surface area contributed by atoms with Crippen LogP contribution in [0.3, 0.4) is 0 Å². The Balaban J connectivity index is 2.51. The first kappa shape index (κ1) is 28.6. The molecule has 0 radical (unpaired) electrons. The minimum atomic E-state index is -4.01. The number of anilines is 1. The first-order chi connectivity index (χ1) is 16.4. The number of amides is 2. The van der Waals surface area contributed by atoms with Crippen molar-refractivity contribution in [2.75, 3.05) is 31.5 Å². The number of rotatable bonds is 11. The van der Waals surface area contributed by atoms with E-state index in [2.05, 4.69) is 5.32 Å². The molecule has 0 aliphatic carbocycles. The summed E-state index contributed by atoms with van der Waals surface area (Å²) in [6.45, 7) is 7.27. The second-order valence-corrected chi connectivity index (χ2v) is 11.1. The summed E-state index contributed by atoms with van der Waals surface area (Å²) >= 11 is 6.34. The van der Waals surface area contributed by atoms with Crippen molar-refractivity contribution in [2.45, 2.75) is 46.7 Å². The fourth-order valence-electron chi connectivity index (χ4n) is 3.48. The smallest absolute Gasteiger partial charge is 0.304 e. The maximum Gasteiger partial charge on any atom is 0.304 e. The molecule has 1 N–H and O–H groups in total. The molecule has 2 aromatic carbocycles. The normalized spacial score (nSPS) is 12.3. The van der Waals surface area contributed by atoms with E-state index in [0.29, 0.717) is 28.4 Å². The second kappa shape index (κ2) is 12.4. The zero-order chi connectivity index (χ0) is 26.3. The monoisotopic (exact) mass is 522 g/mol. The topological polar surface area (TPSA) is 90.0 Å². The molecule has 0 saturated heterocycles. The quantitative estimate of drug-likeness (QED) is 0.489. The third kappa shape index (κ3) is 7.19. The van der Waals surface area contributed by atoms with Gasteiger partial charge in [0, 0.05) is 32.2 Å². The van der Waals surface area contributed by atoms with Gasteiger partial charge in [0.1, 0.15) is 12.6 Å². The van der Waals surface area contributed by atoms with Crippen LogP contribution in [0.15, 0.2) is 42.5 Å². The van der Waals surface area contributed by atoms with Gasteiger partial charge in [-0.3, -0.25) is 9.59 Å². The molecular formula is C25H35ClN4O4S. The Morgan fingerprint density at radius 1 is 1.09 bits per heavy atom. The van der Waals surface area contributed by atoms with Crippen molar-refractivity contribution in [1.82, 2.24) is 14.5 Å². The predicted molar refractivity (Wildman–Crippen MR) is 141 cm³/mol. The number of carbonyl (C=O) groups excluding carboxylic acids is 2. The minimum Gasteiger partial charge on any atom is -0.354 e. The van der Waals surface area contributed by atoms with Crippen molar-refractivity contribution in [3.63, 3.8) is 0 Å². The van der Waals surface area contributed by atoms with Crippen LogP contribution in [0.2, 0.25) is 5.02 Å². The molecular weight excluding hydrogens is 488 g/mol. The third-order valence-electron chi connectivity index (χ3n) is 5.67. The Bertz CT molecular complexity index is 1150. The molecule has 0 bridgehead atoms. The van der Waals surface area contributed by atoms with Crippen molar-refractivity contribution in [1.29, 1.82) is 0 Å². The number of benzene rings is 2. The molecule has 2 rings (SSSR count). The lowest BCUT2D eigenvalue weighted by Crippen LogP contribution is -2.52. The lowest BCUT2D eigenvalue weighted by atomic mass is 10.1. The largest absolute Gasteiger partial charge is 0.354 e. The highest BCUT2D eigenvalue weighted by molar-refractivity contribution is 7.90. The summed E-state index contributed by atoms with van der Waals surface area (Å²) in [6.07, 6.45) is 0.748. The molecule has 192 valence electrons. The summed E-state index contributed by atoms with van der Waals surface area (Å²) in [6, 6.07) is 11.7. The molecule has 2 amide bonds. The van der Waals surface area contributed by atoms with Crippen molar-refractivity contribution in [3.8, 4) is 0 Å². The Morgan fingerprint density at radius 3 is 2.34 bits per heavy atom. The first-order valence-corrected chi connectivity index (χ1v) is 13.3. The van der Waals surface area contributed by atoms with Gasteiger partial charge in [0.05, 0.1) is 5.69 Å². The maximum atomic E-state index is 13.7. The molecule has 0 aliphatic rings. The number of nitrogens with one attached hydrogen (secondary N) is 1. The summed E-state index contributed by atoms with van der Waals surface area (Å²) in [7, 11) is -1.17. The highest BCUT2D eigenvalue weighted by Gasteiger charge is 2.33. The van der Waals surface area contributed by atoms with Gasteiger partial charge < -0.3 is 10.2 Å². The Labute approximate surface area is 214 Å². The summed E-state index contributed by atoms with van der Waals surface area (Å²) < 4.78 is 28.7. The molecule has 1 unspecified atom stereocenters. The molecule has 0 saturated carbocycles. The predicted octanol–water partition coefficient (Wildman–Crippen LogP) is 3.51. The average molecular weight is 523 g/mol. The maximum absolute atomic E-state index is 13.7. The summed E-state index contributed by atoms with van der Waals surface area (Å²) in [4.78, 5) is 27.9. The molecule has 0 spiro atoms. The molecule has 1 atom stereocenters. The van der Waals surface area contributed by atoms with Gasteiger partial charge in [0.25, 0.3) is 0 Å². The fourth-order valence-corrected chi connectivity index (χ4v) is 4.79. The van der Waals surface area contributed by atoms with E-state index in [1.54, 1.807) is 44.2 Å². The molecule has 8 nitrogen and oxygen atoms in total. The van der Waals surface area contributed by atoms with Gasteiger partial charge in [-0.1, -0.05) is 48.9 Å². The van der Waals surface area contributed by atoms with Gasteiger partial charge in [-0.05, 0) is 56.0 Å². The molecule has 35 heavy (non-hydrogen) atoms. The zero-order valence-corrected chi connectivity index (χ0v) is 22.8. The minimum absolute atomic E-state index is 0.0574. The van der Waals surface area contributed by atoms with E-state index in [4.69, 9.17) is 11.6 Å². The van der Waals surface area contributed by atoms with Crippen LogP contribution in [-0.4, -0.2) is 62.7 Å². The molecule has 10 heteroatoms.